The van der Waals surface area contributed by atoms with Gasteiger partial charge in [0.05, 0.1) is 7.11 Å². The maximum Gasteiger partial charge on any atom is 0.118 e. The van der Waals surface area contributed by atoms with Gasteiger partial charge in [-0.2, -0.15) is 11.8 Å². The number of methoxy groups -OCH3 is 1. The van der Waals surface area contributed by atoms with Crippen LogP contribution in [-0.2, 0) is 0 Å². The summed E-state index contributed by atoms with van der Waals surface area (Å²) in [5.41, 5.74) is 1.33. The van der Waals surface area contributed by atoms with E-state index >= 15 is 0 Å². The van der Waals surface area contributed by atoms with Crippen molar-refractivity contribution in [3.63, 3.8) is 0 Å². The van der Waals surface area contributed by atoms with E-state index in [0.29, 0.717) is 6.04 Å². The second-order valence-corrected chi connectivity index (χ2v) is 4.38. The lowest BCUT2D eigenvalue weighted by molar-refractivity contribution is 0.414. The summed E-state index contributed by atoms with van der Waals surface area (Å²) in [7, 11) is 3.70. The van der Waals surface area contributed by atoms with E-state index in [1.807, 2.05) is 30.9 Å². The van der Waals surface area contributed by atoms with Crippen LogP contribution in [0.4, 0.5) is 0 Å². The number of benzene rings is 1. The Morgan fingerprint density at radius 3 is 2.47 bits per heavy atom. The van der Waals surface area contributed by atoms with Gasteiger partial charge in [-0.3, -0.25) is 0 Å². The highest BCUT2D eigenvalue weighted by Gasteiger charge is 2.07. The molecule has 0 bridgehead atoms. The first kappa shape index (κ1) is 12.4. The number of thioether (sulfide) groups is 1. The molecule has 84 valence electrons. The average Bonchev–Trinajstić information content (AvgIpc) is 2.31. The molecule has 0 radical (unpaired) electrons. The van der Waals surface area contributed by atoms with Crippen molar-refractivity contribution in [3.8, 4) is 5.75 Å². The fourth-order valence-corrected chi connectivity index (χ4v) is 2.02. The lowest BCUT2D eigenvalue weighted by Gasteiger charge is -2.16. The third-order valence-electron chi connectivity index (χ3n) is 2.48. The highest BCUT2D eigenvalue weighted by molar-refractivity contribution is 7.98. The molecule has 0 aliphatic carbocycles. The van der Waals surface area contributed by atoms with Crippen LogP contribution in [0, 0.1) is 0 Å². The monoisotopic (exact) mass is 225 g/mol. The SMILES string of the molecule is CNC(CCSC)c1ccc(OC)cc1. The van der Waals surface area contributed by atoms with E-state index in [9.17, 15) is 0 Å². The van der Waals surface area contributed by atoms with Gasteiger partial charge in [0.1, 0.15) is 5.75 Å². The summed E-state index contributed by atoms with van der Waals surface area (Å²) in [5.74, 6) is 2.09. The molecule has 1 N–H and O–H groups in total. The van der Waals surface area contributed by atoms with Gasteiger partial charge in [0.25, 0.3) is 0 Å². The Morgan fingerprint density at radius 2 is 2.00 bits per heavy atom. The molecule has 0 saturated carbocycles. The van der Waals surface area contributed by atoms with Crippen molar-refractivity contribution < 1.29 is 4.74 Å². The molecular formula is C12H19NOS. The van der Waals surface area contributed by atoms with E-state index in [4.69, 9.17) is 4.74 Å². The summed E-state index contributed by atoms with van der Waals surface area (Å²) in [6.45, 7) is 0. The molecule has 15 heavy (non-hydrogen) atoms. The minimum atomic E-state index is 0.448. The molecule has 0 aromatic heterocycles. The summed E-state index contributed by atoms with van der Waals surface area (Å²) in [6.07, 6.45) is 3.30. The quantitative estimate of drug-likeness (QED) is 0.804. The smallest absolute Gasteiger partial charge is 0.118 e. The van der Waals surface area contributed by atoms with Crippen molar-refractivity contribution in [2.24, 2.45) is 0 Å². The van der Waals surface area contributed by atoms with E-state index in [0.717, 1.165) is 12.2 Å². The van der Waals surface area contributed by atoms with Crippen molar-refractivity contribution in [3.05, 3.63) is 29.8 Å². The summed E-state index contributed by atoms with van der Waals surface area (Å²) in [4.78, 5) is 0. The second kappa shape index (κ2) is 6.75. The average molecular weight is 225 g/mol. The predicted octanol–water partition coefficient (Wildman–Crippen LogP) is 2.71. The molecule has 1 atom stereocenters. The minimum absolute atomic E-state index is 0.448. The Labute approximate surface area is 96.4 Å². The first-order valence-corrected chi connectivity index (χ1v) is 6.51. The highest BCUT2D eigenvalue weighted by atomic mass is 32.2. The second-order valence-electron chi connectivity index (χ2n) is 3.40. The summed E-state index contributed by atoms with van der Waals surface area (Å²) in [6, 6.07) is 8.72. The van der Waals surface area contributed by atoms with Crippen LogP contribution in [0.5, 0.6) is 5.75 Å². The predicted molar refractivity (Wildman–Crippen MR) is 67.8 cm³/mol. The van der Waals surface area contributed by atoms with Crippen molar-refractivity contribution in [2.75, 3.05) is 26.2 Å². The summed E-state index contributed by atoms with van der Waals surface area (Å²) < 4.78 is 5.14. The molecule has 0 amide bonds. The van der Waals surface area contributed by atoms with Crippen LogP contribution in [0.3, 0.4) is 0 Å². The Hall–Kier alpha value is -0.670. The van der Waals surface area contributed by atoms with Crippen LogP contribution >= 0.6 is 11.8 Å². The summed E-state index contributed by atoms with van der Waals surface area (Å²) in [5, 5.41) is 3.34. The molecule has 3 heteroatoms. The van der Waals surface area contributed by atoms with E-state index < -0.39 is 0 Å². The molecular weight excluding hydrogens is 206 g/mol. The number of nitrogens with one attached hydrogen (secondary N) is 1. The van der Waals surface area contributed by atoms with Gasteiger partial charge >= 0.3 is 0 Å². The van der Waals surface area contributed by atoms with E-state index in [1.165, 1.54) is 11.3 Å². The van der Waals surface area contributed by atoms with Crippen molar-refractivity contribution in [1.29, 1.82) is 0 Å². The largest absolute Gasteiger partial charge is 0.497 e. The van der Waals surface area contributed by atoms with Crippen molar-refractivity contribution in [2.45, 2.75) is 12.5 Å². The molecule has 0 fully saturated rings. The Morgan fingerprint density at radius 1 is 1.33 bits per heavy atom. The number of rotatable bonds is 6. The number of ether oxygens (including phenoxy) is 1. The molecule has 0 spiro atoms. The van der Waals surface area contributed by atoms with Gasteiger partial charge in [-0.15, -0.1) is 0 Å². The third kappa shape index (κ3) is 3.76. The zero-order valence-corrected chi connectivity index (χ0v) is 10.4. The standard InChI is InChI=1S/C12H19NOS/c1-13-12(8-9-15-3)10-4-6-11(14-2)7-5-10/h4-7,12-13H,8-9H2,1-3H3. The first-order valence-electron chi connectivity index (χ1n) is 5.12. The number of hydrogen-bond donors (Lipinski definition) is 1. The van der Waals surface area contributed by atoms with Gasteiger partial charge in [0, 0.05) is 6.04 Å². The van der Waals surface area contributed by atoms with Gasteiger partial charge in [-0.25, -0.2) is 0 Å². The fraction of sp³-hybridized carbons (Fsp3) is 0.500. The van der Waals surface area contributed by atoms with Crippen molar-refractivity contribution in [1.82, 2.24) is 5.32 Å². The van der Waals surface area contributed by atoms with Crippen molar-refractivity contribution >= 4 is 11.8 Å². The summed E-state index contributed by atoms with van der Waals surface area (Å²) >= 11 is 1.88. The molecule has 1 unspecified atom stereocenters. The van der Waals surface area contributed by atoms with E-state index in [1.54, 1.807) is 7.11 Å². The fourth-order valence-electron chi connectivity index (χ4n) is 1.55. The highest BCUT2D eigenvalue weighted by Crippen LogP contribution is 2.20. The lowest BCUT2D eigenvalue weighted by Crippen LogP contribution is -2.16. The molecule has 0 heterocycles. The Balaban J connectivity index is 2.65. The Bertz CT molecular complexity index is 273. The van der Waals surface area contributed by atoms with Gasteiger partial charge < -0.3 is 10.1 Å². The van der Waals surface area contributed by atoms with Crippen LogP contribution in [-0.4, -0.2) is 26.2 Å². The molecule has 1 aromatic rings. The molecule has 1 rings (SSSR count). The van der Waals surface area contributed by atoms with Gasteiger partial charge in [0.15, 0.2) is 0 Å². The van der Waals surface area contributed by atoms with Crippen LogP contribution in [0.15, 0.2) is 24.3 Å². The lowest BCUT2D eigenvalue weighted by atomic mass is 10.0. The molecule has 0 aliphatic heterocycles. The Kier molecular flexibility index (Phi) is 5.58. The van der Waals surface area contributed by atoms with Gasteiger partial charge in [-0.05, 0) is 43.2 Å². The molecule has 0 saturated heterocycles. The normalized spacial score (nSPS) is 12.5. The van der Waals surface area contributed by atoms with Gasteiger partial charge in [0.2, 0.25) is 0 Å². The van der Waals surface area contributed by atoms with Crippen LogP contribution in [0.1, 0.15) is 18.0 Å². The van der Waals surface area contributed by atoms with Crippen LogP contribution in [0.2, 0.25) is 0 Å². The van der Waals surface area contributed by atoms with E-state index in [-0.39, 0.29) is 0 Å². The third-order valence-corrected chi connectivity index (χ3v) is 3.12. The first-order chi connectivity index (χ1) is 7.31. The van der Waals surface area contributed by atoms with E-state index in [2.05, 4.69) is 23.7 Å². The zero-order chi connectivity index (χ0) is 11.1. The maximum absolute atomic E-state index is 5.14. The van der Waals surface area contributed by atoms with Crippen LogP contribution in [0.25, 0.3) is 0 Å². The zero-order valence-electron chi connectivity index (χ0n) is 9.62. The number of hydrogen-bond acceptors (Lipinski definition) is 3. The minimum Gasteiger partial charge on any atom is -0.497 e. The molecule has 2 nitrogen and oxygen atoms in total. The van der Waals surface area contributed by atoms with Gasteiger partial charge in [-0.1, -0.05) is 12.1 Å². The maximum atomic E-state index is 5.14. The molecule has 1 aromatic carbocycles. The topological polar surface area (TPSA) is 21.3 Å². The molecule has 0 aliphatic rings. The van der Waals surface area contributed by atoms with Crippen LogP contribution < -0.4 is 10.1 Å².